The summed E-state index contributed by atoms with van der Waals surface area (Å²) in [5.41, 5.74) is 1.51. The van der Waals surface area contributed by atoms with E-state index in [1.54, 1.807) is 48.5 Å². The molecule has 0 aliphatic heterocycles. The van der Waals surface area contributed by atoms with Gasteiger partial charge in [0, 0.05) is 16.8 Å². The Labute approximate surface area is 156 Å². The average molecular weight is 369 g/mol. The Bertz CT molecular complexity index is 827. The van der Waals surface area contributed by atoms with Crippen molar-refractivity contribution in [2.75, 3.05) is 11.9 Å². The minimum Gasteiger partial charge on any atom is -0.482 e. The molecule has 7 heteroatoms. The van der Waals surface area contributed by atoms with Crippen LogP contribution in [0.15, 0.2) is 48.5 Å². The summed E-state index contributed by atoms with van der Waals surface area (Å²) >= 11 is 0. The first-order chi connectivity index (χ1) is 12.9. The highest BCUT2D eigenvalue weighted by Gasteiger charge is 2.18. The van der Waals surface area contributed by atoms with Gasteiger partial charge in [-0.05, 0) is 62.4 Å². The summed E-state index contributed by atoms with van der Waals surface area (Å²) in [4.78, 5) is 45.7. The van der Waals surface area contributed by atoms with Gasteiger partial charge in [0.15, 0.2) is 18.5 Å². The molecule has 7 nitrogen and oxygen atoms in total. The SMILES string of the molecule is CC(=O)c1ccc(NC(=O)[C@H](C)OC(=O)COc2ccc(C=O)cc2)cc1. The van der Waals surface area contributed by atoms with Crippen LogP contribution in [-0.4, -0.2) is 36.7 Å². The van der Waals surface area contributed by atoms with E-state index >= 15 is 0 Å². The molecular weight excluding hydrogens is 350 g/mol. The van der Waals surface area contributed by atoms with E-state index < -0.39 is 18.0 Å². The van der Waals surface area contributed by atoms with Gasteiger partial charge in [0.1, 0.15) is 12.0 Å². The summed E-state index contributed by atoms with van der Waals surface area (Å²) in [5, 5.41) is 2.60. The smallest absolute Gasteiger partial charge is 0.344 e. The summed E-state index contributed by atoms with van der Waals surface area (Å²) in [7, 11) is 0. The molecule has 0 aromatic heterocycles. The Hall–Kier alpha value is -3.48. The molecule has 0 unspecified atom stereocenters. The molecule has 27 heavy (non-hydrogen) atoms. The van der Waals surface area contributed by atoms with Gasteiger partial charge in [0.2, 0.25) is 0 Å². The third-order valence-electron chi connectivity index (χ3n) is 3.61. The summed E-state index contributed by atoms with van der Waals surface area (Å²) < 4.78 is 10.3. The molecule has 0 heterocycles. The summed E-state index contributed by atoms with van der Waals surface area (Å²) in [6, 6.07) is 12.6. The molecular formula is C20H19NO6. The van der Waals surface area contributed by atoms with Gasteiger partial charge in [-0.1, -0.05) is 0 Å². The summed E-state index contributed by atoms with van der Waals surface area (Å²) in [6.45, 7) is 2.52. The van der Waals surface area contributed by atoms with Crippen LogP contribution >= 0.6 is 0 Å². The van der Waals surface area contributed by atoms with E-state index in [1.165, 1.54) is 13.8 Å². The highest BCUT2D eigenvalue weighted by Crippen LogP contribution is 2.12. The fourth-order valence-electron chi connectivity index (χ4n) is 2.10. The second-order valence-corrected chi connectivity index (χ2v) is 5.73. The maximum atomic E-state index is 12.1. The molecule has 1 atom stereocenters. The number of anilines is 1. The number of carbonyl (C=O) groups excluding carboxylic acids is 4. The number of hydrogen-bond acceptors (Lipinski definition) is 6. The van der Waals surface area contributed by atoms with Gasteiger partial charge >= 0.3 is 5.97 Å². The third kappa shape index (κ3) is 6.07. The van der Waals surface area contributed by atoms with Crippen molar-refractivity contribution in [2.45, 2.75) is 20.0 Å². The number of rotatable bonds is 8. The fraction of sp³-hybridized carbons (Fsp3) is 0.200. The van der Waals surface area contributed by atoms with Crippen LogP contribution < -0.4 is 10.1 Å². The molecule has 0 saturated heterocycles. The summed E-state index contributed by atoms with van der Waals surface area (Å²) in [5.74, 6) is -0.880. The first-order valence-corrected chi connectivity index (χ1v) is 8.18. The number of Topliss-reactive ketones (excluding diaryl/α,β-unsaturated/α-hetero) is 1. The van der Waals surface area contributed by atoms with Gasteiger partial charge < -0.3 is 14.8 Å². The zero-order valence-electron chi connectivity index (χ0n) is 14.9. The largest absolute Gasteiger partial charge is 0.482 e. The standard InChI is InChI=1S/C20H19NO6/c1-13(23)16-5-7-17(8-6-16)21-20(25)14(2)27-19(24)12-26-18-9-3-15(11-22)4-10-18/h3-11,14H,12H2,1-2H3,(H,21,25)/t14-/m0/s1. The minimum absolute atomic E-state index is 0.0732. The molecule has 0 aliphatic carbocycles. The second kappa shape index (κ2) is 9.28. The van der Waals surface area contributed by atoms with Crippen molar-refractivity contribution < 1.29 is 28.7 Å². The van der Waals surface area contributed by atoms with E-state index in [-0.39, 0.29) is 12.4 Å². The van der Waals surface area contributed by atoms with E-state index in [0.29, 0.717) is 28.8 Å². The maximum absolute atomic E-state index is 12.1. The van der Waals surface area contributed by atoms with Crippen molar-refractivity contribution in [1.82, 2.24) is 0 Å². The topological polar surface area (TPSA) is 98.8 Å². The molecule has 0 spiro atoms. The third-order valence-corrected chi connectivity index (χ3v) is 3.61. The molecule has 2 aromatic carbocycles. The molecule has 2 rings (SSSR count). The van der Waals surface area contributed by atoms with Crippen LogP contribution in [0.3, 0.4) is 0 Å². The van der Waals surface area contributed by atoms with Crippen molar-refractivity contribution >= 4 is 29.6 Å². The van der Waals surface area contributed by atoms with Gasteiger partial charge in [-0.25, -0.2) is 4.79 Å². The molecule has 140 valence electrons. The average Bonchev–Trinajstić information content (AvgIpc) is 2.67. The molecule has 0 bridgehead atoms. The van der Waals surface area contributed by atoms with Crippen LogP contribution in [0, 0.1) is 0 Å². The number of aldehydes is 1. The molecule has 0 aliphatic rings. The van der Waals surface area contributed by atoms with Crippen molar-refractivity contribution in [3.63, 3.8) is 0 Å². The van der Waals surface area contributed by atoms with Crippen LogP contribution in [0.2, 0.25) is 0 Å². The van der Waals surface area contributed by atoms with Gasteiger partial charge in [-0.15, -0.1) is 0 Å². The van der Waals surface area contributed by atoms with Gasteiger partial charge in [0.25, 0.3) is 5.91 Å². The monoisotopic (exact) mass is 369 g/mol. The number of ketones is 1. The Kier molecular flexibility index (Phi) is 6.82. The Morgan fingerprint density at radius 2 is 1.67 bits per heavy atom. The molecule has 2 aromatic rings. The van der Waals surface area contributed by atoms with Gasteiger partial charge in [-0.3, -0.25) is 14.4 Å². The lowest BCUT2D eigenvalue weighted by atomic mass is 10.1. The highest BCUT2D eigenvalue weighted by molar-refractivity contribution is 5.97. The highest BCUT2D eigenvalue weighted by atomic mass is 16.6. The van der Waals surface area contributed by atoms with Gasteiger partial charge in [0.05, 0.1) is 0 Å². The number of carbonyl (C=O) groups is 4. The maximum Gasteiger partial charge on any atom is 0.344 e. The van der Waals surface area contributed by atoms with Crippen LogP contribution in [0.4, 0.5) is 5.69 Å². The van der Waals surface area contributed by atoms with Crippen molar-refractivity contribution in [3.05, 3.63) is 59.7 Å². The Balaban J connectivity index is 1.80. The zero-order chi connectivity index (χ0) is 19.8. The number of nitrogens with one attached hydrogen (secondary N) is 1. The van der Waals surface area contributed by atoms with Crippen LogP contribution in [0.5, 0.6) is 5.75 Å². The van der Waals surface area contributed by atoms with E-state index in [0.717, 1.165) is 0 Å². The second-order valence-electron chi connectivity index (χ2n) is 5.73. The number of benzene rings is 2. The van der Waals surface area contributed by atoms with Gasteiger partial charge in [-0.2, -0.15) is 0 Å². The molecule has 0 radical (unpaired) electrons. The first kappa shape index (κ1) is 19.8. The molecule has 1 N–H and O–H groups in total. The van der Waals surface area contributed by atoms with E-state index in [1.807, 2.05) is 0 Å². The van der Waals surface area contributed by atoms with Crippen LogP contribution in [-0.2, 0) is 14.3 Å². The fourth-order valence-corrected chi connectivity index (χ4v) is 2.10. The number of esters is 1. The normalized spacial score (nSPS) is 11.2. The lowest BCUT2D eigenvalue weighted by Crippen LogP contribution is -2.31. The first-order valence-electron chi connectivity index (χ1n) is 8.18. The molecule has 1 amide bonds. The molecule has 0 saturated carbocycles. The zero-order valence-corrected chi connectivity index (χ0v) is 14.9. The van der Waals surface area contributed by atoms with Crippen molar-refractivity contribution in [1.29, 1.82) is 0 Å². The minimum atomic E-state index is -1.02. The van der Waals surface area contributed by atoms with E-state index in [4.69, 9.17) is 9.47 Å². The Morgan fingerprint density at radius 3 is 2.22 bits per heavy atom. The van der Waals surface area contributed by atoms with Crippen molar-refractivity contribution in [2.24, 2.45) is 0 Å². The van der Waals surface area contributed by atoms with Crippen LogP contribution in [0.1, 0.15) is 34.6 Å². The lowest BCUT2D eigenvalue weighted by Gasteiger charge is -2.14. The van der Waals surface area contributed by atoms with E-state index in [9.17, 15) is 19.2 Å². The van der Waals surface area contributed by atoms with Crippen molar-refractivity contribution in [3.8, 4) is 5.75 Å². The van der Waals surface area contributed by atoms with Crippen LogP contribution in [0.25, 0.3) is 0 Å². The quantitative estimate of drug-likeness (QED) is 0.436. The molecule has 0 fully saturated rings. The Morgan fingerprint density at radius 1 is 1.04 bits per heavy atom. The van der Waals surface area contributed by atoms with E-state index in [2.05, 4.69) is 5.32 Å². The predicted molar refractivity (Wildman–Crippen MR) is 98.0 cm³/mol. The summed E-state index contributed by atoms with van der Waals surface area (Å²) in [6.07, 6.45) is -0.322. The number of ether oxygens (including phenoxy) is 2. The lowest BCUT2D eigenvalue weighted by molar-refractivity contribution is -0.155. The number of hydrogen-bond donors (Lipinski definition) is 1. The predicted octanol–water partition coefficient (Wildman–Crippen LogP) is 2.65. The number of amides is 1.